The molecule has 0 radical (unpaired) electrons. The average molecular weight is 342 g/mol. The number of carbonyl (C=O) groups is 1. The summed E-state index contributed by atoms with van der Waals surface area (Å²) in [5.74, 6) is 0.235. The summed E-state index contributed by atoms with van der Waals surface area (Å²) in [5.41, 5.74) is 0.336. The lowest BCUT2D eigenvalue weighted by atomic mass is 9.92. The van der Waals surface area contributed by atoms with Crippen LogP contribution in [0.4, 0.5) is 0 Å². The first-order valence-corrected chi connectivity index (χ1v) is 8.61. The summed E-state index contributed by atoms with van der Waals surface area (Å²) in [7, 11) is 0. The Morgan fingerprint density at radius 3 is 2.72 bits per heavy atom. The molecule has 0 saturated heterocycles. The Bertz CT molecular complexity index is 686. The fourth-order valence-electron chi connectivity index (χ4n) is 2.37. The van der Waals surface area contributed by atoms with Crippen molar-refractivity contribution in [3.63, 3.8) is 0 Å². The Kier molecular flexibility index (Phi) is 6.53. The number of nitrogens with one attached hydrogen (secondary N) is 1. The molecule has 1 aromatic carbocycles. The van der Waals surface area contributed by atoms with Gasteiger partial charge in [0.25, 0.3) is 5.91 Å². The van der Waals surface area contributed by atoms with Gasteiger partial charge in [0.15, 0.2) is 0 Å². The van der Waals surface area contributed by atoms with Crippen LogP contribution in [0.2, 0.25) is 0 Å². The molecule has 0 spiro atoms. The number of amides is 1. The Balaban J connectivity index is 1.91. The molecule has 25 heavy (non-hydrogen) atoms. The standard InChI is InChI=1S/C20H26N2O3/c1-4-15(2)25-18-14-16(10-12-21-18)19(23)22-13-11-20(3,24)17-8-6-5-7-9-17/h5-10,12,14-15,24H,4,11,13H2,1-3H3,(H,22,23)/t15-,20-/m1/s1. The first-order valence-electron chi connectivity index (χ1n) is 8.61. The van der Waals surface area contributed by atoms with Gasteiger partial charge in [0.1, 0.15) is 0 Å². The molecular formula is C20H26N2O3. The van der Waals surface area contributed by atoms with Crippen molar-refractivity contribution >= 4 is 5.91 Å². The minimum absolute atomic E-state index is 0.0479. The Labute approximate surface area is 149 Å². The van der Waals surface area contributed by atoms with Crippen molar-refractivity contribution in [1.29, 1.82) is 0 Å². The van der Waals surface area contributed by atoms with Gasteiger partial charge in [-0.2, -0.15) is 0 Å². The van der Waals surface area contributed by atoms with Gasteiger partial charge in [0, 0.05) is 24.4 Å². The van der Waals surface area contributed by atoms with Crippen LogP contribution in [0.25, 0.3) is 0 Å². The Morgan fingerprint density at radius 2 is 2.04 bits per heavy atom. The second-order valence-electron chi connectivity index (χ2n) is 6.37. The van der Waals surface area contributed by atoms with Gasteiger partial charge in [-0.1, -0.05) is 37.3 Å². The second-order valence-corrected chi connectivity index (χ2v) is 6.37. The summed E-state index contributed by atoms with van der Waals surface area (Å²) < 4.78 is 5.64. The van der Waals surface area contributed by atoms with Crippen LogP contribution in [0.15, 0.2) is 48.7 Å². The van der Waals surface area contributed by atoms with E-state index in [1.807, 2.05) is 44.2 Å². The van der Waals surface area contributed by atoms with Crippen LogP contribution >= 0.6 is 0 Å². The van der Waals surface area contributed by atoms with Gasteiger partial charge in [-0.3, -0.25) is 4.79 Å². The van der Waals surface area contributed by atoms with E-state index in [0.717, 1.165) is 12.0 Å². The topological polar surface area (TPSA) is 71.5 Å². The summed E-state index contributed by atoms with van der Waals surface area (Å²) in [6.07, 6.45) is 2.90. The Morgan fingerprint density at radius 1 is 1.32 bits per heavy atom. The molecule has 0 fully saturated rings. The van der Waals surface area contributed by atoms with Crippen LogP contribution in [-0.2, 0) is 5.60 Å². The normalized spacial score (nSPS) is 14.4. The van der Waals surface area contributed by atoms with E-state index in [2.05, 4.69) is 10.3 Å². The molecule has 2 aromatic rings. The van der Waals surface area contributed by atoms with Crippen molar-refractivity contribution in [1.82, 2.24) is 10.3 Å². The summed E-state index contributed by atoms with van der Waals surface area (Å²) in [6.45, 7) is 6.10. The van der Waals surface area contributed by atoms with Crippen LogP contribution in [0.1, 0.15) is 49.5 Å². The fraction of sp³-hybridized carbons (Fsp3) is 0.400. The van der Waals surface area contributed by atoms with Gasteiger partial charge in [-0.25, -0.2) is 4.98 Å². The van der Waals surface area contributed by atoms with Gasteiger partial charge in [0.05, 0.1) is 11.7 Å². The second kappa shape index (κ2) is 8.62. The van der Waals surface area contributed by atoms with Crippen molar-refractivity contribution in [2.75, 3.05) is 6.54 Å². The monoisotopic (exact) mass is 342 g/mol. The van der Waals surface area contributed by atoms with E-state index in [9.17, 15) is 9.90 Å². The molecule has 0 unspecified atom stereocenters. The van der Waals surface area contributed by atoms with Crippen LogP contribution in [0, 0.1) is 0 Å². The molecule has 0 saturated carbocycles. The van der Waals surface area contributed by atoms with Gasteiger partial charge in [0.2, 0.25) is 5.88 Å². The maximum Gasteiger partial charge on any atom is 0.251 e. The molecule has 0 aliphatic heterocycles. The highest BCUT2D eigenvalue weighted by Crippen LogP contribution is 2.23. The molecule has 1 aromatic heterocycles. The lowest BCUT2D eigenvalue weighted by molar-refractivity contribution is 0.0475. The average Bonchev–Trinajstić information content (AvgIpc) is 2.62. The molecule has 2 N–H and O–H groups in total. The van der Waals surface area contributed by atoms with Crippen molar-refractivity contribution in [3.05, 3.63) is 59.8 Å². The number of aromatic nitrogens is 1. The molecule has 0 aliphatic carbocycles. The van der Waals surface area contributed by atoms with Crippen molar-refractivity contribution in [2.45, 2.75) is 45.3 Å². The number of ether oxygens (including phenoxy) is 1. The van der Waals surface area contributed by atoms with Crippen molar-refractivity contribution in [2.24, 2.45) is 0 Å². The van der Waals surface area contributed by atoms with Crippen LogP contribution in [0.3, 0.4) is 0 Å². The molecule has 2 atom stereocenters. The highest BCUT2D eigenvalue weighted by molar-refractivity contribution is 5.94. The third-order valence-electron chi connectivity index (χ3n) is 4.19. The number of nitrogens with zero attached hydrogens (tertiary/aromatic N) is 1. The SMILES string of the molecule is CC[C@@H](C)Oc1cc(C(=O)NCC[C@@](C)(O)c2ccccc2)ccn1. The van der Waals surface area contributed by atoms with E-state index < -0.39 is 5.60 Å². The zero-order valence-corrected chi connectivity index (χ0v) is 15.0. The minimum atomic E-state index is -0.988. The quantitative estimate of drug-likeness (QED) is 0.772. The zero-order chi connectivity index (χ0) is 18.3. The largest absolute Gasteiger partial charge is 0.475 e. The third kappa shape index (κ3) is 5.57. The van der Waals surface area contributed by atoms with Gasteiger partial charge in [-0.05, 0) is 38.3 Å². The lowest BCUT2D eigenvalue weighted by Crippen LogP contribution is -2.31. The number of carbonyl (C=O) groups excluding carboxylic acids is 1. The first kappa shape index (κ1) is 18.9. The van der Waals surface area contributed by atoms with Crippen LogP contribution in [0.5, 0.6) is 5.88 Å². The highest BCUT2D eigenvalue weighted by Gasteiger charge is 2.22. The maximum atomic E-state index is 12.3. The number of hydrogen-bond donors (Lipinski definition) is 2. The van der Waals surface area contributed by atoms with Gasteiger partial charge < -0.3 is 15.2 Å². The number of pyridine rings is 1. The summed E-state index contributed by atoms with van der Waals surface area (Å²) >= 11 is 0. The van der Waals surface area contributed by atoms with Crippen molar-refractivity contribution < 1.29 is 14.6 Å². The van der Waals surface area contributed by atoms with E-state index in [-0.39, 0.29) is 12.0 Å². The number of benzene rings is 1. The Hall–Kier alpha value is -2.40. The predicted octanol–water partition coefficient (Wildman–Crippen LogP) is 3.29. The molecule has 5 nitrogen and oxygen atoms in total. The number of rotatable bonds is 8. The number of hydrogen-bond acceptors (Lipinski definition) is 4. The summed E-state index contributed by atoms with van der Waals surface area (Å²) in [6, 6.07) is 12.7. The molecular weight excluding hydrogens is 316 g/mol. The smallest absolute Gasteiger partial charge is 0.251 e. The zero-order valence-electron chi connectivity index (χ0n) is 15.0. The molecule has 0 bridgehead atoms. The first-order chi connectivity index (χ1) is 11.9. The number of aliphatic hydroxyl groups is 1. The minimum Gasteiger partial charge on any atom is -0.475 e. The van der Waals surface area contributed by atoms with Crippen LogP contribution in [-0.4, -0.2) is 28.6 Å². The molecule has 0 aliphatic rings. The van der Waals surface area contributed by atoms with Crippen molar-refractivity contribution in [3.8, 4) is 5.88 Å². The van der Waals surface area contributed by atoms with E-state index in [1.54, 1.807) is 25.3 Å². The van der Waals surface area contributed by atoms with E-state index >= 15 is 0 Å². The molecule has 2 rings (SSSR count). The lowest BCUT2D eigenvalue weighted by Gasteiger charge is -2.24. The van der Waals surface area contributed by atoms with Crippen LogP contribution < -0.4 is 10.1 Å². The van der Waals surface area contributed by atoms with E-state index in [1.165, 1.54) is 0 Å². The fourth-order valence-corrected chi connectivity index (χ4v) is 2.37. The predicted molar refractivity (Wildman–Crippen MR) is 97.6 cm³/mol. The maximum absolute atomic E-state index is 12.3. The molecule has 1 heterocycles. The molecule has 134 valence electrons. The van der Waals surface area contributed by atoms with E-state index in [4.69, 9.17) is 4.74 Å². The van der Waals surface area contributed by atoms with Gasteiger partial charge in [-0.15, -0.1) is 0 Å². The summed E-state index contributed by atoms with van der Waals surface area (Å²) in [5, 5.41) is 13.4. The summed E-state index contributed by atoms with van der Waals surface area (Å²) in [4.78, 5) is 16.4. The molecule has 5 heteroatoms. The van der Waals surface area contributed by atoms with Gasteiger partial charge >= 0.3 is 0 Å². The highest BCUT2D eigenvalue weighted by atomic mass is 16.5. The third-order valence-corrected chi connectivity index (χ3v) is 4.19. The van der Waals surface area contributed by atoms with E-state index in [0.29, 0.717) is 24.4 Å². The molecule has 1 amide bonds.